The van der Waals surface area contributed by atoms with Crippen LogP contribution in [0.25, 0.3) is 0 Å². The third-order valence-corrected chi connectivity index (χ3v) is 3.16. The maximum Gasteiger partial charge on any atom is 0.255 e. The van der Waals surface area contributed by atoms with Crippen LogP contribution in [-0.4, -0.2) is 38.0 Å². The fourth-order valence-corrected chi connectivity index (χ4v) is 1.97. The number of phenolic OH excluding ortho intramolecular Hbond substituents is 1. The molecule has 0 unspecified atom stereocenters. The molecule has 17 heavy (non-hydrogen) atoms. The van der Waals surface area contributed by atoms with E-state index in [9.17, 15) is 18.3 Å². The molecule has 0 aromatic heterocycles. The highest BCUT2D eigenvalue weighted by Crippen LogP contribution is 2.14. The lowest BCUT2D eigenvalue weighted by molar-refractivity contribution is 0.0951. The Bertz CT molecular complexity index is 496. The highest BCUT2D eigenvalue weighted by Gasteiger charge is 2.09. The molecule has 0 aliphatic heterocycles. The first-order chi connectivity index (χ1) is 7.90. The highest BCUT2D eigenvalue weighted by molar-refractivity contribution is 7.90. The van der Waals surface area contributed by atoms with Crippen LogP contribution in [0.15, 0.2) is 24.3 Å². The predicted molar refractivity (Wildman–Crippen MR) is 64.8 cm³/mol. The average Bonchev–Trinajstić information content (AvgIpc) is 2.23. The zero-order valence-corrected chi connectivity index (χ0v) is 10.3. The fraction of sp³-hybridized carbons (Fsp3) is 0.364. The van der Waals surface area contributed by atoms with Crippen LogP contribution in [-0.2, 0) is 9.84 Å². The van der Waals surface area contributed by atoms with Crippen LogP contribution < -0.4 is 5.32 Å². The lowest BCUT2D eigenvalue weighted by atomic mass is 10.2. The van der Waals surface area contributed by atoms with Crippen molar-refractivity contribution in [1.82, 2.24) is 5.32 Å². The maximum absolute atomic E-state index is 11.6. The molecule has 0 radical (unpaired) electrons. The largest absolute Gasteiger partial charge is 0.507 e. The topological polar surface area (TPSA) is 83.5 Å². The molecule has 0 heterocycles. The second-order valence-corrected chi connectivity index (χ2v) is 6.02. The molecule has 1 aromatic carbocycles. The molecule has 0 spiro atoms. The molecule has 2 N–H and O–H groups in total. The summed E-state index contributed by atoms with van der Waals surface area (Å²) in [5.41, 5.74) is 0.187. The lowest BCUT2D eigenvalue weighted by Crippen LogP contribution is -2.25. The minimum absolute atomic E-state index is 0.0358. The molecular weight excluding hydrogens is 242 g/mol. The van der Waals surface area contributed by atoms with E-state index in [4.69, 9.17) is 0 Å². The third-order valence-electron chi connectivity index (χ3n) is 2.13. The fourth-order valence-electron chi connectivity index (χ4n) is 1.30. The number of sulfone groups is 1. The summed E-state index contributed by atoms with van der Waals surface area (Å²) in [4.78, 5) is 11.6. The van der Waals surface area contributed by atoms with Crippen molar-refractivity contribution in [3.8, 4) is 5.75 Å². The smallest absolute Gasteiger partial charge is 0.255 e. The van der Waals surface area contributed by atoms with Gasteiger partial charge in [-0.15, -0.1) is 0 Å². The molecular formula is C11H15NO4S. The van der Waals surface area contributed by atoms with Crippen LogP contribution in [0, 0.1) is 0 Å². The van der Waals surface area contributed by atoms with Crippen LogP contribution in [0.1, 0.15) is 16.8 Å². The van der Waals surface area contributed by atoms with Crippen molar-refractivity contribution in [3.63, 3.8) is 0 Å². The number of aromatic hydroxyl groups is 1. The van der Waals surface area contributed by atoms with Crippen molar-refractivity contribution in [3.05, 3.63) is 29.8 Å². The van der Waals surface area contributed by atoms with Crippen LogP contribution in [0.2, 0.25) is 0 Å². The number of rotatable bonds is 5. The standard InChI is InChI=1S/C11H15NO4S/c1-17(15,16)8-4-7-12-11(14)9-5-2-3-6-10(9)13/h2-3,5-6,13H,4,7-8H2,1H3,(H,12,14). The van der Waals surface area contributed by atoms with Crippen LogP contribution in [0.3, 0.4) is 0 Å². The first-order valence-electron chi connectivity index (χ1n) is 5.14. The van der Waals surface area contributed by atoms with E-state index < -0.39 is 15.7 Å². The van der Waals surface area contributed by atoms with Crippen molar-refractivity contribution in [2.45, 2.75) is 6.42 Å². The van der Waals surface area contributed by atoms with E-state index in [1.807, 2.05) is 0 Å². The van der Waals surface area contributed by atoms with Gasteiger partial charge in [0.2, 0.25) is 0 Å². The monoisotopic (exact) mass is 257 g/mol. The van der Waals surface area contributed by atoms with Gasteiger partial charge in [-0.2, -0.15) is 0 Å². The van der Waals surface area contributed by atoms with Crippen molar-refractivity contribution >= 4 is 15.7 Å². The first-order valence-corrected chi connectivity index (χ1v) is 7.20. The number of carbonyl (C=O) groups is 1. The second kappa shape index (κ2) is 5.67. The van der Waals surface area contributed by atoms with Gasteiger partial charge >= 0.3 is 0 Å². The van der Waals surface area contributed by atoms with Gasteiger partial charge < -0.3 is 10.4 Å². The summed E-state index contributed by atoms with van der Waals surface area (Å²) >= 11 is 0. The van der Waals surface area contributed by atoms with Crippen LogP contribution >= 0.6 is 0 Å². The van der Waals surface area contributed by atoms with Gasteiger partial charge in [-0.05, 0) is 18.6 Å². The predicted octanol–water partition coefficient (Wildman–Crippen LogP) is 0.557. The molecule has 0 atom stereocenters. The van der Waals surface area contributed by atoms with Crippen LogP contribution in [0.4, 0.5) is 0 Å². The summed E-state index contributed by atoms with van der Waals surface area (Å²) < 4.78 is 21.7. The van der Waals surface area contributed by atoms with E-state index in [0.29, 0.717) is 6.42 Å². The number of hydrogen-bond donors (Lipinski definition) is 2. The number of amides is 1. The Labute approximate surface area is 100 Å². The van der Waals surface area contributed by atoms with Gasteiger partial charge in [-0.25, -0.2) is 8.42 Å². The molecule has 94 valence electrons. The van der Waals surface area contributed by atoms with E-state index in [1.54, 1.807) is 12.1 Å². The van der Waals surface area contributed by atoms with Gasteiger partial charge in [-0.1, -0.05) is 12.1 Å². The number of nitrogens with one attached hydrogen (secondary N) is 1. The Hall–Kier alpha value is -1.56. The van der Waals surface area contributed by atoms with Gasteiger partial charge in [0.15, 0.2) is 0 Å². The molecule has 0 fully saturated rings. The average molecular weight is 257 g/mol. The Morgan fingerprint density at radius 3 is 2.59 bits per heavy atom. The van der Waals surface area contributed by atoms with E-state index in [1.165, 1.54) is 12.1 Å². The number of phenols is 1. The summed E-state index contributed by atoms with van der Waals surface area (Å²) in [7, 11) is -3.00. The van der Waals surface area contributed by atoms with Crippen molar-refractivity contribution in [2.24, 2.45) is 0 Å². The molecule has 1 rings (SSSR count). The van der Waals surface area contributed by atoms with Gasteiger partial charge in [0, 0.05) is 12.8 Å². The summed E-state index contributed by atoms with van der Waals surface area (Å²) in [6, 6.07) is 6.19. The number of para-hydroxylation sites is 1. The molecule has 0 saturated heterocycles. The third kappa shape index (κ3) is 4.86. The van der Waals surface area contributed by atoms with E-state index in [2.05, 4.69) is 5.32 Å². The Morgan fingerprint density at radius 1 is 1.35 bits per heavy atom. The summed E-state index contributed by atoms with van der Waals surface area (Å²) in [5, 5.41) is 12.0. The number of hydrogen-bond acceptors (Lipinski definition) is 4. The lowest BCUT2D eigenvalue weighted by Gasteiger charge is -2.05. The van der Waals surface area contributed by atoms with Crippen molar-refractivity contribution in [1.29, 1.82) is 0 Å². The molecule has 5 nitrogen and oxygen atoms in total. The van der Waals surface area contributed by atoms with Gasteiger partial charge in [0.1, 0.15) is 15.6 Å². The second-order valence-electron chi connectivity index (χ2n) is 3.76. The van der Waals surface area contributed by atoms with Crippen molar-refractivity contribution in [2.75, 3.05) is 18.6 Å². The zero-order chi connectivity index (χ0) is 12.9. The Balaban J connectivity index is 2.44. The normalized spacial score (nSPS) is 11.1. The van der Waals surface area contributed by atoms with E-state index >= 15 is 0 Å². The Kier molecular flexibility index (Phi) is 4.51. The highest BCUT2D eigenvalue weighted by atomic mass is 32.2. The number of carbonyl (C=O) groups excluding carboxylic acids is 1. The summed E-state index contributed by atoms with van der Waals surface area (Å²) in [5.74, 6) is -0.460. The minimum Gasteiger partial charge on any atom is -0.507 e. The molecule has 1 amide bonds. The van der Waals surface area contributed by atoms with E-state index in [0.717, 1.165) is 6.26 Å². The first kappa shape index (κ1) is 13.5. The maximum atomic E-state index is 11.6. The SMILES string of the molecule is CS(=O)(=O)CCCNC(=O)c1ccccc1O. The van der Waals surface area contributed by atoms with Crippen molar-refractivity contribution < 1.29 is 18.3 Å². The molecule has 0 aliphatic carbocycles. The minimum atomic E-state index is -3.00. The molecule has 0 aliphatic rings. The van der Waals surface area contributed by atoms with E-state index in [-0.39, 0.29) is 23.6 Å². The van der Waals surface area contributed by atoms with Crippen LogP contribution in [0.5, 0.6) is 5.75 Å². The molecule has 6 heteroatoms. The summed E-state index contributed by atoms with van der Waals surface area (Å²) in [6.07, 6.45) is 1.51. The summed E-state index contributed by atoms with van der Waals surface area (Å²) in [6.45, 7) is 0.264. The molecule has 1 aromatic rings. The van der Waals surface area contributed by atoms with Gasteiger partial charge in [0.05, 0.1) is 11.3 Å². The van der Waals surface area contributed by atoms with Gasteiger partial charge in [-0.3, -0.25) is 4.79 Å². The quantitative estimate of drug-likeness (QED) is 0.755. The van der Waals surface area contributed by atoms with Gasteiger partial charge in [0.25, 0.3) is 5.91 Å². The zero-order valence-electron chi connectivity index (χ0n) is 9.51. The molecule has 0 saturated carbocycles. The number of benzene rings is 1. The molecule has 0 bridgehead atoms. The Morgan fingerprint density at radius 2 is 2.00 bits per heavy atom.